The zero-order chi connectivity index (χ0) is 19.3. The molecule has 2 aliphatic rings. The van der Waals surface area contributed by atoms with E-state index in [9.17, 15) is 4.79 Å². The minimum absolute atomic E-state index is 0.275. The first kappa shape index (κ1) is 18.8. The summed E-state index contributed by atoms with van der Waals surface area (Å²) in [5.41, 5.74) is 3.84. The second kappa shape index (κ2) is 8.65. The van der Waals surface area contributed by atoms with E-state index in [4.69, 9.17) is 0 Å². The lowest BCUT2D eigenvalue weighted by molar-refractivity contribution is -0.132. The number of aryl methyl sites for hydroxylation is 1. The van der Waals surface area contributed by atoms with E-state index in [1.54, 1.807) is 0 Å². The molecule has 2 aromatic carbocycles. The number of rotatable bonds is 4. The Labute approximate surface area is 168 Å². The molecule has 5 nitrogen and oxygen atoms in total. The third-order valence-electron chi connectivity index (χ3n) is 5.85. The van der Waals surface area contributed by atoms with Crippen LogP contribution >= 0.6 is 0 Å². The Morgan fingerprint density at radius 3 is 2.04 bits per heavy atom. The lowest BCUT2D eigenvalue weighted by atomic mass is 10.2. The Bertz CT molecular complexity index is 778. The molecule has 2 fully saturated rings. The van der Waals surface area contributed by atoms with Gasteiger partial charge in [-0.15, -0.1) is 0 Å². The van der Waals surface area contributed by atoms with Crippen molar-refractivity contribution in [1.29, 1.82) is 0 Å². The zero-order valence-corrected chi connectivity index (χ0v) is 16.8. The molecule has 4 rings (SSSR count). The highest BCUT2D eigenvalue weighted by atomic mass is 16.2. The van der Waals surface area contributed by atoms with E-state index >= 15 is 0 Å². The highest BCUT2D eigenvalue weighted by Crippen LogP contribution is 2.18. The van der Waals surface area contributed by atoms with Gasteiger partial charge in [-0.1, -0.05) is 30.3 Å². The van der Waals surface area contributed by atoms with Crippen LogP contribution in [0, 0.1) is 6.92 Å². The Balaban J connectivity index is 1.23. The first-order valence-corrected chi connectivity index (χ1v) is 10.3. The van der Waals surface area contributed by atoms with Gasteiger partial charge in [0.1, 0.15) is 0 Å². The summed E-state index contributed by atoms with van der Waals surface area (Å²) in [6.07, 6.45) is 0. The van der Waals surface area contributed by atoms with E-state index in [0.717, 1.165) is 52.4 Å². The maximum absolute atomic E-state index is 12.8. The van der Waals surface area contributed by atoms with Gasteiger partial charge in [-0.25, -0.2) is 0 Å². The predicted molar refractivity (Wildman–Crippen MR) is 115 cm³/mol. The molecule has 0 aromatic heterocycles. The molecule has 2 saturated heterocycles. The van der Waals surface area contributed by atoms with Crippen molar-refractivity contribution in [3.8, 4) is 0 Å². The first-order valence-electron chi connectivity index (χ1n) is 10.3. The first-order chi connectivity index (χ1) is 13.7. The Kier molecular flexibility index (Phi) is 5.81. The summed E-state index contributed by atoms with van der Waals surface area (Å²) in [5.74, 6) is 0.275. The monoisotopic (exact) mass is 378 g/mol. The Morgan fingerprint density at radius 2 is 1.36 bits per heavy atom. The second-order valence-corrected chi connectivity index (χ2v) is 7.81. The largest absolute Gasteiger partial charge is 0.369 e. The van der Waals surface area contributed by atoms with Crippen LogP contribution in [-0.4, -0.2) is 74.6 Å². The maximum Gasteiger partial charge on any atom is 0.236 e. The van der Waals surface area contributed by atoms with Crippen LogP contribution in [0.25, 0.3) is 0 Å². The summed E-state index contributed by atoms with van der Waals surface area (Å²) in [4.78, 5) is 21.9. The van der Waals surface area contributed by atoms with Gasteiger partial charge in [-0.2, -0.15) is 0 Å². The standard InChI is InChI=1S/C23H30N4O/c1-20-6-5-9-22(18-20)26-12-10-24(11-13-26)19-23(28)27-16-14-25(15-17-27)21-7-3-2-4-8-21/h2-9,18H,10-17,19H2,1H3. The molecule has 0 saturated carbocycles. The van der Waals surface area contributed by atoms with Crippen LogP contribution < -0.4 is 9.80 Å². The lowest BCUT2D eigenvalue weighted by Crippen LogP contribution is -2.54. The van der Waals surface area contributed by atoms with Crippen molar-refractivity contribution in [2.75, 3.05) is 68.7 Å². The van der Waals surface area contributed by atoms with Crippen LogP contribution in [0.2, 0.25) is 0 Å². The zero-order valence-electron chi connectivity index (χ0n) is 16.8. The molecule has 0 bridgehead atoms. The average Bonchev–Trinajstić information content (AvgIpc) is 2.75. The number of nitrogens with zero attached hydrogens (tertiary/aromatic N) is 4. The molecule has 0 radical (unpaired) electrons. The van der Waals surface area contributed by atoms with E-state index in [-0.39, 0.29) is 5.91 Å². The van der Waals surface area contributed by atoms with Crippen LogP contribution in [0.3, 0.4) is 0 Å². The molecule has 28 heavy (non-hydrogen) atoms. The fourth-order valence-electron chi connectivity index (χ4n) is 4.13. The molecule has 0 unspecified atom stereocenters. The van der Waals surface area contributed by atoms with Crippen LogP contribution in [0.1, 0.15) is 5.56 Å². The molecule has 0 aliphatic carbocycles. The fraction of sp³-hybridized carbons (Fsp3) is 0.435. The van der Waals surface area contributed by atoms with Gasteiger partial charge >= 0.3 is 0 Å². The van der Waals surface area contributed by atoms with Gasteiger partial charge in [-0.3, -0.25) is 9.69 Å². The van der Waals surface area contributed by atoms with Gasteiger partial charge in [-0.05, 0) is 36.8 Å². The summed E-state index contributed by atoms with van der Waals surface area (Å²) in [6, 6.07) is 19.2. The summed E-state index contributed by atoms with van der Waals surface area (Å²) in [7, 11) is 0. The normalized spacial score (nSPS) is 18.4. The van der Waals surface area contributed by atoms with Crippen molar-refractivity contribution < 1.29 is 4.79 Å². The number of hydrogen-bond acceptors (Lipinski definition) is 4. The summed E-state index contributed by atoms with van der Waals surface area (Å²) in [5, 5.41) is 0. The number of benzene rings is 2. The lowest BCUT2D eigenvalue weighted by Gasteiger charge is -2.39. The van der Waals surface area contributed by atoms with Gasteiger partial charge in [0.2, 0.25) is 5.91 Å². The topological polar surface area (TPSA) is 30.0 Å². The number of carbonyl (C=O) groups is 1. The van der Waals surface area contributed by atoms with Crippen molar-refractivity contribution in [3.05, 3.63) is 60.2 Å². The van der Waals surface area contributed by atoms with Gasteiger partial charge in [0.05, 0.1) is 6.54 Å². The summed E-state index contributed by atoms with van der Waals surface area (Å²) in [6.45, 7) is 10.0. The Morgan fingerprint density at radius 1 is 0.750 bits per heavy atom. The molecule has 1 amide bonds. The maximum atomic E-state index is 12.8. The van der Waals surface area contributed by atoms with E-state index in [0.29, 0.717) is 6.54 Å². The molecule has 0 N–H and O–H groups in total. The molecule has 2 aliphatic heterocycles. The number of carbonyl (C=O) groups excluding carboxylic acids is 1. The van der Waals surface area contributed by atoms with E-state index in [1.165, 1.54) is 16.9 Å². The molecular weight excluding hydrogens is 348 g/mol. The molecule has 0 spiro atoms. The van der Waals surface area contributed by atoms with Crippen molar-refractivity contribution in [3.63, 3.8) is 0 Å². The number of anilines is 2. The Hall–Kier alpha value is -2.53. The van der Waals surface area contributed by atoms with E-state index in [1.807, 2.05) is 11.0 Å². The molecule has 0 atom stereocenters. The van der Waals surface area contributed by atoms with Gasteiger partial charge in [0.15, 0.2) is 0 Å². The fourth-order valence-corrected chi connectivity index (χ4v) is 4.13. The number of amides is 1. The van der Waals surface area contributed by atoms with Gasteiger partial charge < -0.3 is 14.7 Å². The molecule has 5 heteroatoms. The molecular formula is C23H30N4O. The minimum Gasteiger partial charge on any atom is -0.369 e. The van der Waals surface area contributed by atoms with Crippen molar-refractivity contribution in [2.24, 2.45) is 0 Å². The molecule has 2 heterocycles. The summed E-state index contributed by atoms with van der Waals surface area (Å²) >= 11 is 0. The van der Waals surface area contributed by atoms with Gasteiger partial charge in [0, 0.05) is 63.7 Å². The summed E-state index contributed by atoms with van der Waals surface area (Å²) < 4.78 is 0. The van der Waals surface area contributed by atoms with Crippen molar-refractivity contribution in [2.45, 2.75) is 6.92 Å². The number of para-hydroxylation sites is 1. The van der Waals surface area contributed by atoms with Gasteiger partial charge in [0.25, 0.3) is 0 Å². The highest BCUT2D eigenvalue weighted by molar-refractivity contribution is 5.78. The van der Waals surface area contributed by atoms with E-state index < -0.39 is 0 Å². The minimum atomic E-state index is 0.275. The van der Waals surface area contributed by atoms with Crippen LogP contribution in [0.15, 0.2) is 54.6 Å². The van der Waals surface area contributed by atoms with E-state index in [2.05, 4.69) is 70.2 Å². The molecule has 148 valence electrons. The van der Waals surface area contributed by atoms with Crippen LogP contribution in [-0.2, 0) is 4.79 Å². The number of piperazine rings is 2. The SMILES string of the molecule is Cc1cccc(N2CCN(CC(=O)N3CCN(c4ccccc4)CC3)CC2)c1. The predicted octanol–water partition coefficient (Wildman–Crippen LogP) is 2.47. The van der Waals surface area contributed by atoms with Crippen molar-refractivity contribution >= 4 is 17.3 Å². The second-order valence-electron chi connectivity index (χ2n) is 7.81. The average molecular weight is 379 g/mol. The highest BCUT2D eigenvalue weighted by Gasteiger charge is 2.25. The third kappa shape index (κ3) is 4.47. The number of hydrogen-bond donors (Lipinski definition) is 0. The third-order valence-corrected chi connectivity index (χ3v) is 5.85. The van der Waals surface area contributed by atoms with Crippen LogP contribution in [0.5, 0.6) is 0 Å². The molecule has 2 aromatic rings. The van der Waals surface area contributed by atoms with Crippen LogP contribution in [0.4, 0.5) is 11.4 Å². The quantitative estimate of drug-likeness (QED) is 0.818. The van der Waals surface area contributed by atoms with Crippen molar-refractivity contribution in [1.82, 2.24) is 9.80 Å². The smallest absolute Gasteiger partial charge is 0.236 e.